The Morgan fingerprint density at radius 3 is 2.82 bits per heavy atom. The van der Waals surface area contributed by atoms with E-state index in [1.165, 1.54) is 0 Å². The molecular formula is C18H19NO2S. The van der Waals surface area contributed by atoms with Crippen LogP contribution in [0.3, 0.4) is 0 Å². The molecule has 2 aromatic rings. The fourth-order valence-electron chi connectivity index (χ4n) is 2.52. The molecule has 1 amide bonds. The van der Waals surface area contributed by atoms with Crippen LogP contribution >= 0.6 is 11.3 Å². The van der Waals surface area contributed by atoms with Gasteiger partial charge >= 0.3 is 0 Å². The van der Waals surface area contributed by atoms with Gasteiger partial charge in [0.25, 0.3) is 5.91 Å². The van der Waals surface area contributed by atoms with Crippen molar-refractivity contribution < 1.29 is 9.53 Å². The fourth-order valence-corrected chi connectivity index (χ4v) is 3.18. The van der Waals surface area contributed by atoms with E-state index in [1.807, 2.05) is 53.9 Å². The van der Waals surface area contributed by atoms with Gasteiger partial charge in [0.1, 0.15) is 0 Å². The zero-order valence-electron chi connectivity index (χ0n) is 12.3. The van der Waals surface area contributed by atoms with Crippen LogP contribution in [-0.2, 0) is 9.53 Å². The van der Waals surface area contributed by atoms with Crippen molar-refractivity contribution in [3.8, 4) is 0 Å². The summed E-state index contributed by atoms with van der Waals surface area (Å²) < 4.78 is 5.56. The van der Waals surface area contributed by atoms with Crippen molar-refractivity contribution in [2.24, 2.45) is 0 Å². The molecule has 4 heteroatoms. The average Bonchev–Trinajstić information content (AvgIpc) is 3.24. The first-order valence-corrected chi connectivity index (χ1v) is 8.41. The predicted molar refractivity (Wildman–Crippen MR) is 90.6 cm³/mol. The molecule has 1 N–H and O–H groups in total. The van der Waals surface area contributed by atoms with Gasteiger partial charge in [0.05, 0.1) is 6.10 Å². The number of nitrogens with one attached hydrogen (secondary N) is 1. The molecule has 1 aliphatic heterocycles. The number of thiophene rings is 1. The van der Waals surface area contributed by atoms with Crippen LogP contribution in [0.4, 0.5) is 0 Å². The van der Waals surface area contributed by atoms with Crippen molar-refractivity contribution in [2.45, 2.75) is 18.9 Å². The van der Waals surface area contributed by atoms with Crippen molar-refractivity contribution in [2.75, 3.05) is 13.2 Å². The van der Waals surface area contributed by atoms with E-state index in [0.29, 0.717) is 12.1 Å². The summed E-state index contributed by atoms with van der Waals surface area (Å²) >= 11 is 1.63. The van der Waals surface area contributed by atoms with Crippen molar-refractivity contribution in [1.82, 2.24) is 5.32 Å². The van der Waals surface area contributed by atoms with Gasteiger partial charge < -0.3 is 10.1 Å². The number of rotatable bonds is 5. The van der Waals surface area contributed by atoms with Gasteiger partial charge in [-0.05, 0) is 35.9 Å². The summed E-state index contributed by atoms with van der Waals surface area (Å²) in [5, 5.41) is 5.02. The van der Waals surface area contributed by atoms with Gasteiger partial charge in [0, 0.05) is 23.6 Å². The largest absolute Gasteiger partial charge is 0.376 e. The summed E-state index contributed by atoms with van der Waals surface area (Å²) in [5.41, 5.74) is 1.63. The molecule has 2 heterocycles. The highest BCUT2D eigenvalue weighted by Crippen LogP contribution is 2.21. The van der Waals surface area contributed by atoms with Crippen LogP contribution in [0.2, 0.25) is 0 Å². The van der Waals surface area contributed by atoms with Crippen LogP contribution in [0, 0.1) is 0 Å². The maximum absolute atomic E-state index is 12.6. The number of amides is 1. The van der Waals surface area contributed by atoms with Crippen molar-refractivity contribution in [3.05, 3.63) is 58.3 Å². The molecule has 1 aromatic carbocycles. The van der Waals surface area contributed by atoms with Gasteiger partial charge in [-0.3, -0.25) is 4.79 Å². The minimum absolute atomic E-state index is 0.0462. The number of carbonyl (C=O) groups is 1. The molecule has 0 radical (unpaired) electrons. The fraction of sp³-hybridized carbons (Fsp3) is 0.278. The highest BCUT2D eigenvalue weighted by molar-refractivity contribution is 7.11. The van der Waals surface area contributed by atoms with E-state index in [9.17, 15) is 4.79 Å². The van der Waals surface area contributed by atoms with E-state index in [1.54, 1.807) is 11.3 Å². The molecule has 22 heavy (non-hydrogen) atoms. The maximum atomic E-state index is 12.6. The Labute approximate surface area is 134 Å². The second kappa shape index (κ2) is 7.38. The molecule has 0 saturated carbocycles. The Morgan fingerprint density at radius 1 is 1.27 bits per heavy atom. The molecule has 1 saturated heterocycles. The molecule has 3 nitrogen and oxygen atoms in total. The first-order valence-electron chi connectivity index (χ1n) is 7.53. The van der Waals surface area contributed by atoms with E-state index in [0.717, 1.165) is 29.9 Å². The van der Waals surface area contributed by atoms with Crippen molar-refractivity contribution >= 4 is 28.9 Å². The Balaban J connectivity index is 1.77. The Hall–Kier alpha value is -1.91. The molecule has 1 atom stereocenters. The summed E-state index contributed by atoms with van der Waals surface area (Å²) in [6.07, 6.45) is 4.21. The lowest BCUT2D eigenvalue weighted by molar-refractivity contribution is -0.116. The van der Waals surface area contributed by atoms with E-state index in [2.05, 4.69) is 5.32 Å². The lowest BCUT2D eigenvalue weighted by Gasteiger charge is -2.13. The normalized spacial score (nSPS) is 18.4. The van der Waals surface area contributed by atoms with Crippen molar-refractivity contribution in [3.63, 3.8) is 0 Å². The third-order valence-electron chi connectivity index (χ3n) is 3.67. The minimum Gasteiger partial charge on any atom is -0.376 e. The Morgan fingerprint density at radius 2 is 2.14 bits per heavy atom. The van der Waals surface area contributed by atoms with Crippen LogP contribution in [-0.4, -0.2) is 25.2 Å². The summed E-state index contributed by atoms with van der Waals surface area (Å²) in [6.45, 7) is 1.38. The van der Waals surface area contributed by atoms with Gasteiger partial charge in [0.15, 0.2) is 0 Å². The maximum Gasteiger partial charge on any atom is 0.252 e. The van der Waals surface area contributed by atoms with Crippen molar-refractivity contribution in [1.29, 1.82) is 0 Å². The third-order valence-corrected chi connectivity index (χ3v) is 4.49. The van der Waals surface area contributed by atoms with Gasteiger partial charge in [-0.1, -0.05) is 36.4 Å². The molecule has 0 bridgehead atoms. The van der Waals surface area contributed by atoms with Crippen LogP contribution < -0.4 is 5.32 Å². The zero-order valence-corrected chi connectivity index (χ0v) is 13.1. The first-order chi connectivity index (χ1) is 10.8. The molecule has 0 spiro atoms. The third kappa shape index (κ3) is 3.84. The Bertz CT molecular complexity index is 628. The number of carbonyl (C=O) groups excluding carboxylic acids is 1. The summed E-state index contributed by atoms with van der Waals surface area (Å²) in [4.78, 5) is 13.7. The second-order valence-corrected chi connectivity index (χ2v) is 6.26. The smallest absolute Gasteiger partial charge is 0.252 e. The van der Waals surface area contributed by atoms with Gasteiger partial charge in [0.2, 0.25) is 0 Å². The highest BCUT2D eigenvalue weighted by Gasteiger charge is 2.18. The van der Waals surface area contributed by atoms with Crippen LogP contribution in [0.5, 0.6) is 0 Å². The summed E-state index contributed by atoms with van der Waals surface area (Å²) in [6, 6.07) is 13.8. The van der Waals surface area contributed by atoms with Crippen LogP contribution in [0.15, 0.2) is 47.8 Å². The predicted octanol–water partition coefficient (Wildman–Crippen LogP) is 3.58. The molecule has 114 valence electrons. The number of benzene rings is 1. The average molecular weight is 313 g/mol. The van der Waals surface area contributed by atoms with Crippen LogP contribution in [0.25, 0.3) is 11.6 Å². The van der Waals surface area contributed by atoms with Crippen LogP contribution in [0.1, 0.15) is 23.3 Å². The number of hydrogen-bond donors (Lipinski definition) is 1. The minimum atomic E-state index is -0.0462. The van der Waals surface area contributed by atoms with E-state index in [4.69, 9.17) is 4.74 Å². The Kier molecular flexibility index (Phi) is 5.03. The molecule has 1 unspecified atom stereocenters. The zero-order chi connectivity index (χ0) is 15.2. The topological polar surface area (TPSA) is 38.3 Å². The second-order valence-electron chi connectivity index (χ2n) is 5.28. The summed E-state index contributed by atoms with van der Waals surface area (Å²) in [5.74, 6) is -0.0462. The lowest BCUT2D eigenvalue weighted by atomic mass is 10.0. The molecule has 0 aliphatic carbocycles. The first kappa shape index (κ1) is 15.0. The van der Waals surface area contributed by atoms with E-state index in [-0.39, 0.29) is 12.0 Å². The van der Waals surface area contributed by atoms with Gasteiger partial charge in [-0.25, -0.2) is 0 Å². The molecule has 3 rings (SSSR count). The number of hydrogen-bond acceptors (Lipinski definition) is 3. The molecular weight excluding hydrogens is 294 g/mol. The van der Waals surface area contributed by atoms with E-state index < -0.39 is 0 Å². The molecule has 1 fully saturated rings. The molecule has 1 aliphatic rings. The van der Waals surface area contributed by atoms with Gasteiger partial charge in [-0.15, -0.1) is 11.3 Å². The lowest BCUT2D eigenvalue weighted by Crippen LogP contribution is -2.32. The van der Waals surface area contributed by atoms with E-state index >= 15 is 0 Å². The molecule has 1 aromatic heterocycles. The quantitative estimate of drug-likeness (QED) is 0.857. The van der Waals surface area contributed by atoms with Gasteiger partial charge in [-0.2, -0.15) is 0 Å². The summed E-state index contributed by atoms with van der Waals surface area (Å²) in [7, 11) is 0. The highest BCUT2D eigenvalue weighted by atomic mass is 32.1. The standard InChI is InChI=1S/C18H19NO2S/c20-18(19-13-15-8-4-10-21-15)17(12-16-9-5-11-22-16)14-6-2-1-3-7-14/h1-3,5-7,9,11-12,15H,4,8,10,13H2,(H,19,20)/b17-12+. The monoisotopic (exact) mass is 313 g/mol. The number of ether oxygens (including phenoxy) is 1. The SMILES string of the molecule is O=C(NCC1CCCO1)/C(=C/c1cccs1)c1ccccc1.